The van der Waals surface area contributed by atoms with Crippen LogP contribution in [0.5, 0.6) is 0 Å². The van der Waals surface area contributed by atoms with E-state index in [2.05, 4.69) is 15.2 Å². The number of nitrogens with one attached hydrogen (secondary N) is 1. The lowest BCUT2D eigenvalue weighted by Crippen LogP contribution is -2.38. The number of H-pyrrole nitrogens is 1. The van der Waals surface area contributed by atoms with Gasteiger partial charge < -0.3 is 19.4 Å². The van der Waals surface area contributed by atoms with E-state index >= 15 is 0 Å². The van der Waals surface area contributed by atoms with Crippen LogP contribution in [0.1, 0.15) is 27.2 Å². The monoisotopic (exact) mass is 416 g/mol. The highest BCUT2D eigenvalue weighted by molar-refractivity contribution is 5.68. The maximum Gasteiger partial charge on any atom is 0.410 e. The molecular formula is C20H28N6O4. The van der Waals surface area contributed by atoms with Crippen molar-refractivity contribution < 1.29 is 14.3 Å². The Bertz CT molecular complexity index is 1040. The summed E-state index contributed by atoms with van der Waals surface area (Å²) in [5.41, 5.74) is 1.53. The lowest BCUT2D eigenvalue weighted by Gasteiger charge is -2.25. The SMILES string of the molecule is CC(C)(C)OC(=O)N1CCCOCC1.Cn1cc(-c2cn3nccc3c(=O)[nH]2)cn1. The summed E-state index contributed by atoms with van der Waals surface area (Å²) in [6.07, 6.45) is 7.55. The number of nitrogens with zero attached hydrogens (tertiary/aromatic N) is 5. The number of ether oxygens (including phenoxy) is 2. The van der Waals surface area contributed by atoms with E-state index in [0.717, 1.165) is 25.1 Å². The van der Waals surface area contributed by atoms with Crippen LogP contribution in [0.25, 0.3) is 16.8 Å². The number of hydrogen-bond acceptors (Lipinski definition) is 6. The Balaban J connectivity index is 0.000000173. The number of aryl methyl sites for hydroxylation is 1. The van der Waals surface area contributed by atoms with Crippen molar-refractivity contribution in [3.8, 4) is 11.3 Å². The molecule has 162 valence electrons. The van der Waals surface area contributed by atoms with E-state index in [1.54, 1.807) is 38.8 Å². The maximum atomic E-state index is 11.7. The number of aromatic amines is 1. The van der Waals surface area contributed by atoms with Gasteiger partial charge in [0.25, 0.3) is 5.56 Å². The van der Waals surface area contributed by atoms with Crippen LogP contribution in [0.3, 0.4) is 0 Å². The molecule has 1 aliphatic heterocycles. The van der Waals surface area contributed by atoms with E-state index in [4.69, 9.17) is 9.47 Å². The fourth-order valence-electron chi connectivity index (χ4n) is 2.90. The van der Waals surface area contributed by atoms with Gasteiger partial charge in [-0.25, -0.2) is 9.31 Å². The van der Waals surface area contributed by atoms with Crippen LogP contribution < -0.4 is 5.56 Å². The summed E-state index contributed by atoms with van der Waals surface area (Å²) in [6, 6.07) is 1.67. The first-order valence-electron chi connectivity index (χ1n) is 9.84. The second-order valence-electron chi connectivity index (χ2n) is 7.99. The van der Waals surface area contributed by atoms with Gasteiger partial charge in [-0.1, -0.05) is 0 Å². The molecule has 0 saturated carbocycles. The van der Waals surface area contributed by atoms with Crippen molar-refractivity contribution in [2.45, 2.75) is 32.8 Å². The van der Waals surface area contributed by atoms with Gasteiger partial charge in [-0.05, 0) is 33.3 Å². The minimum Gasteiger partial charge on any atom is -0.444 e. The van der Waals surface area contributed by atoms with Crippen LogP contribution >= 0.6 is 0 Å². The zero-order valence-electron chi connectivity index (χ0n) is 17.8. The van der Waals surface area contributed by atoms with Crippen LogP contribution in [0, 0.1) is 0 Å². The molecule has 10 nitrogen and oxygen atoms in total. The number of fused-ring (bicyclic) bond motifs is 1. The van der Waals surface area contributed by atoms with Crippen molar-refractivity contribution in [3.63, 3.8) is 0 Å². The Hall–Kier alpha value is -3.14. The minimum atomic E-state index is -0.412. The van der Waals surface area contributed by atoms with Crippen LogP contribution in [-0.4, -0.2) is 67.3 Å². The van der Waals surface area contributed by atoms with Gasteiger partial charge in [0, 0.05) is 38.5 Å². The predicted octanol–water partition coefficient (Wildman–Crippen LogP) is 2.07. The Morgan fingerprint density at radius 1 is 1.20 bits per heavy atom. The zero-order chi connectivity index (χ0) is 21.7. The lowest BCUT2D eigenvalue weighted by molar-refractivity contribution is 0.0244. The van der Waals surface area contributed by atoms with Crippen molar-refractivity contribution in [2.75, 3.05) is 26.3 Å². The van der Waals surface area contributed by atoms with Crippen molar-refractivity contribution >= 4 is 11.6 Å². The molecule has 0 atom stereocenters. The second kappa shape index (κ2) is 9.12. The molecule has 3 aromatic rings. The molecule has 0 aliphatic carbocycles. The summed E-state index contributed by atoms with van der Waals surface area (Å²) in [5.74, 6) is 0. The molecule has 10 heteroatoms. The quantitative estimate of drug-likeness (QED) is 0.651. The van der Waals surface area contributed by atoms with Gasteiger partial charge in [-0.15, -0.1) is 0 Å². The standard InChI is InChI=1S/C10H9N5O.C10H19NO3/c1-14-5-7(4-12-14)8-6-15-9(2-3-11-15)10(16)13-8;1-10(2,3)14-9(12)11-5-4-7-13-8-6-11/h2-6H,1H3,(H,13,16);4-8H2,1-3H3. The van der Waals surface area contributed by atoms with Crippen LogP contribution in [-0.2, 0) is 16.5 Å². The summed E-state index contributed by atoms with van der Waals surface area (Å²) < 4.78 is 13.8. The van der Waals surface area contributed by atoms with E-state index in [-0.39, 0.29) is 11.7 Å². The predicted molar refractivity (Wildman–Crippen MR) is 111 cm³/mol. The van der Waals surface area contributed by atoms with E-state index < -0.39 is 5.60 Å². The number of amides is 1. The van der Waals surface area contributed by atoms with Gasteiger partial charge in [-0.2, -0.15) is 10.2 Å². The second-order valence-corrected chi connectivity index (χ2v) is 7.99. The zero-order valence-corrected chi connectivity index (χ0v) is 17.8. The molecule has 0 unspecified atom stereocenters. The summed E-state index contributed by atoms with van der Waals surface area (Å²) in [6.45, 7) is 8.33. The van der Waals surface area contributed by atoms with Crippen molar-refractivity contribution in [2.24, 2.45) is 7.05 Å². The van der Waals surface area contributed by atoms with Gasteiger partial charge in [0.05, 0.1) is 30.9 Å². The van der Waals surface area contributed by atoms with Crippen molar-refractivity contribution in [3.05, 3.63) is 41.2 Å². The van der Waals surface area contributed by atoms with Gasteiger partial charge in [0.2, 0.25) is 0 Å². The molecule has 1 fully saturated rings. The van der Waals surface area contributed by atoms with Gasteiger partial charge in [-0.3, -0.25) is 9.48 Å². The van der Waals surface area contributed by atoms with Gasteiger partial charge in [0.1, 0.15) is 11.1 Å². The summed E-state index contributed by atoms with van der Waals surface area (Å²) in [7, 11) is 1.83. The number of carbonyl (C=O) groups excluding carboxylic acids is 1. The van der Waals surface area contributed by atoms with Crippen LogP contribution in [0.2, 0.25) is 0 Å². The molecule has 4 heterocycles. The third-order valence-corrected chi connectivity index (χ3v) is 4.29. The third kappa shape index (κ3) is 5.69. The molecule has 0 spiro atoms. The molecule has 0 aromatic carbocycles. The van der Waals surface area contributed by atoms with Crippen molar-refractivity contribution in [1.29, 1.82) is 0 Å². The first kappa shape index (κ1) is 21.6. The topological polar surface area (TPSA) is 107 Å². The molecule has 1 N–H and O–H groups in total. The summed E-state index contributed by atoms with van der Waals surface area (Å²) in [4.78, 5) is 27.8. The lowest BCUT2D eigenvalue weighted by atomic mass is 10.2. The average molecular weight is 416 g/mol. The molecule has 3 aromatic heterocycles. The highest BCUT2D eigenvalue weighted by Crippen LogP contribution is 2.14. The fourth-order valence-corrected chi connectivity index (χ4v) is 2.90. The Labute approximate surface area is 174 Å². The molecule has 1 amide bonds. The summed E-state index contributed by atoms with van der Waals surface area (Å²) in [5, 5.41) is 8.10. The molecule has 1 saturated heterocycles. The molecule has 0 radical (unpaired) electrons. The molecule has 4 rings (SSSR count). The first-order chi connectivity index (χ1) is 14.2. The highest BCUT2D eigenvalue weighted by atomic mass is 16.6. The number of hydrogen-bond donors (Lipinski definition) is 1. The molecule has 1 aliphatic rings. The fraction of sp³-hybridized carbons (Fsp3) is 0.500. The molecule has 0 bridgehead atoms. The largest absolute Gasteiger partial charge is 0.444 e. The smallest absolute Gasteiger partial charge is 0.410 e. The first-order valence-corrected chi connectivity index (χ1v) is 9.84. The number of rotatable bonds is 1. The van der Waals surface area contributed by atoms with Crippen LogP contribution in [0.4, 0.5) is 4.79 Å². The average Bonchev–Trinajstić information content (AvgIpc) is 3.22. The van der Waals surface area contributed by atoms with Gasteiger partial charge >= 0.3 is 6.09 Å². The normalized spacial score (nSPS) is 14.7. The Kier molecular flexibility index (Phi) is 6.56. The summed E-state index contributed by atoms with van der Waals surface area (Å²) >= 11 is 0. The van der Waals surface area contributed by atoms with Gasteiger partial charge in [0.15, 0.2) is 0 Å². The Morgan fingerprint density at radius 3 is 2.70 bits per heavy atom. The van der Waals surface area contributed by atoms with E-state index in [1.165, 1.54) is 0 Å². The third-order valence-electron chi connectivity index (χ3n) is 4.29. The number of carbonyl (C=O) groups is 1. The molecule has 30 heavy (non-hydrogen) atoms. The van der Waals surface area contributed by atoms with E-state index in [1.807, 2.05) is 34.0 Å². The minimum absolute atomic E-state index is 0.154. The maximum absolute atomic E-state index is 11.7. The Morgan fingerprint density at radius 2 is 2.00 bits per heavy atom. The van der Waals surface area contributed by atoms with Crippen molar-refractivity contribution in [1.82, 2.24) is 29.3 Å². The van der Waals surface area contributed by atoms with Crippen LogP contribution in [0.15, 0.2) is 35.6 Å². The van der Waals surface area contributed by atoms with E-state index in [0.29, 0.717) is 24.4 Å². The van der Waals surface area contributed by atoms with E-state index in [9.17, 15) is 9.59 Å². The number of aromatic nitrogens is 5. The molecular weight excluding hydrogens is 388 g/mol. The highest BCUT2D eigenvalue weighted by Gasteiger charge is 2.22.